The molecular formula is C12H22N2O. The molecule has 2 rings (SSSR count). The Morgan fingerprint density at radius 3 is 2.47 bits per heavy atom. The molecule has 1 aliphatic heterocycles. The molecule has 1 spiro atoms. The van der Waals surface area contributed by atoms with Crippen LogP contribution in [-0.4, -0.2) is 35.7 Å². The Labute approximate surface area is 92.5 Å². The predicted octanol–water partition coefficient (Wildman–Crippen LogP) is 2.42. The van der Waals surface area contributed by atoms with Gasteiger partial charge in [0.2, 0.25) is 0 Å². The molecule has 86 valence electrons. The first-order valence-electron chi connectivity index (χ1n) is 6.23. The van der Waals surface area contributed by atoms with Gasteiger partial charge in [-0.15, -0.1) is 0 Å². The SMILES string of the molecule is CCN(CC)C1=NC2(CCCC2)C(C)O1. The van der Waals surface area contributed by atoms with Crippen LogP contribution in [0.4, 0.5) is 0 Å². The number of amidine groups is 1. The Hall–Kier alpha value is -0.730. The van der Waals surface area contributed by atoms with Crippen molar-refractivity contribution in [3.8, 4) is 0 Å². The fourth-order valence-electron chi connectivity index (χ4n) is 2.72. The number of ether oxygens (including phenoxy) is 1. The summed E-state index contributed by atoms with van der Waals surface area (Å²) in [6, 6.07) is 0.884. The molecule has 0 N–H and O–H groups in total. The minimum absolute atomic E-state index is 0.123. The Kier molecular flexibility index (Phi) is 2.89. The van der Waals surface area contributed by atoms with Gasteiger partial charge in [0.25, 0.3) is 6.02 Å². The highest BCUT2D eigenvalue weighted by molar-refractivity contribution is 5.76. The minimum atomic E-state index is 0.123. The summed E-state index contributed by atoms with van der Waals surface area (Å²) in [5.41, 5.74) is 0.123. The van der Waals surface area contributed by atoms with E-state index < -0.39 is 0 Å². The monoisotopic (exact) mass is 210 g/mol. The van der Waals surface area contributed by atoms with Gasteiger partial charge < -0.3 is 9.64 Å². The molecular weight excluding hydrogens is 188 g/mol. The highest BCUT2D eigenvalue weighted by Crippen LogP contribution is 2.41. The van der Waals surface area contributed by atoms with Crippen molar-refractivity contribution in [2.75, 3.05) is 13.1 Å². The number of rotatable bonds is 2. The normalized spacial score (nSPS) is 27.9. The summed E-state index contributed by atoms with van der Waals surface area (Å²) >= 11 is 0. The topological polar surface area (TPSA) is 24.8 Å². The summed E-state index contributed by atoms with van der Waals surface area (Å²) in [4.78, 5) is 7.07. The van der Waals surface area contributed by atoms with Crippen molar-refractivity contribution >= 4 is 6.02 Å². The van der Waals surface area contributed by atoms with Gasteiger partial charge in [-0.05, 0) is 33.6 Å². The van der Waals surface area contributed by atoms with Gasteiger partial charge in [-0.3, -0.25) is 0 Å². The second-order valence-electron chi connectivity index (χ2n) is 4.64. The quantitative estimate of drug-likeness (QED) is 0.699. The van der Waals surface area contributed by atoms with Crippen LogP contribution >= 0.6 is 0 Å². The largest absolute Gasteiger partial charge is 0.460 e. The molecule has 1 fully saturated rings. The highest BCUT2D eigenvalue weighted by atomic mass is 16.5. The van der Waals surface area contributed by atoms with Crippen molar-refractivity contribution in [3.05, 3.63) is 0 Å². The van der Waals surface area contributed by atoms with Gasteiger partial charge in [-0.2, -0.15) is 0 Å². The molecule has 3 nitrogen and oxygen atoms in total. The van der Waals surface area contributed by atoms with E-state index in [0.29, 0.717) is 0 Å². The Morgan fingerprint density at radius 2 is 1.93 bits per heavy atom. The summed E-state index contributed by atoms with van der Waals surface area (Å²) in [6.45, 7) is 8.45. The highest BCUT2D eigenvalue weighted by Gasteiger charge is 2.46. The molecule has 0 amide bonds. The van der Waals surface area contributed by atoms with Crippen LogP contribution in [0, 0.1) is 0 Å². The molecule has 2 aliphatic rings. The molecule has 0 bridgehead atoms. The molecule has 0 aromatic rings. The summed E-state index contributed by atoms with van der Waals surface area (Å²) in [5, 5.41) is 0. The number of hydrogen-bond acceptors (Lipinski definition) is 3. The van der Waals surface area contributed by atoms with E-state index in [0.717, 1.165) is 19.1 Å². The van der Waals surface area contributed by atoms with Gasteiger partial charge >= 0.3 is 0 Å². The lowest BCUT2D eigenvalue weighted by atomic mass is 9.93. The lowest BCUT2D eigenvalue weighted by molar-refractivity contribution is 0.137. The first kappa shape index (κ1) is 10.8. The van der Waals surface area contributed by atoms with Crippen LogP contribution in [0.15, 0.2) is 4.99 Å². The Balaban J connectivity index is 2.15. The van der Waals surface area contributed by atoms with Crippen molar-refractivity contribution in [2.45, 2.75) is 58.1 Å². The van der Waals surface area contributed by atoms with E-state index in [1.54, 1.807) is 0 Å². The third kappa shape index (κ3) is 1.72. The zero-order valence-corrected chi connectivity index (χ0v) is 10.1. The predicted molar refractivity (Wildman–Crippen MR) is 62.1 cm³/mol. The van der Waals surface area contributed by atoms with Gasteiger partial charge in [0, 0.05) is 13.1 Å². The Morgan fingerprint density at radius 1 is 1.33 bits per heavy atom. The van der Waals surface area contributed by atoms with E-state index in [-0.39, 0.29) is 11.6 Å². The molecule has 15 heavy (non-hydrogen) atoms. The van der Waals surface area contributed by atoms with E-state index in [1.807, 2.05) is 0 Å². The molecule has 0 radical (unpaired) electrons. The van der Waals surface area contributed by atoms with Crippen molar-refractivity contribution in [1.29, 1.82) is 0 Å². The zero-order chi connectivity index (χ0) is 10.9. The first-order valence-corrected chi connectivity index (χ1v) is 6.23. The first-order chi connectivity index (χ1) is 7.22. The van der Waals surface area contributed by atoms with Gasteiger partial charge in [0.15, 0.2) is 0 Å². The van der Waals surface area contributed by atoms with Crippen LogP contribution in [0.5, 0.6) is 0 Å². The fraction of sp³-hybridized carbons (Fsp3) is 0.917. The average Bonchev–Trinajstić information content (AvgIpc) is 2.80. The summed E-state index contributed by atoms with van der Waals surface area (Å²) < 4.78 is 5.92. The minimum Gasteiger partial charge on any atom is -0.460 e. The smallest absolute Gasteiger partial charge is 0.288 e. The van der Waals surface area contributed by atoms with Crippen LogP contribution in [-0.2, 0) is 4.74 Å². The lowest BCUT2D eigenvalue weighted by Crippen LogP contribution is -2.33. The van der Waals surface area contributed by atoms with Crippen LogP contribution in [0.3, 0.4) is 0 Å². The molecule has 1 unspecified atom stereocenters. The van der Waals surface area contributed by atoms with Crippen LogP contribution in [0.2, 0.25) is 0 Å². The molecule has 1 aliphatic carbocycles. The van der Waals surface area contributed by atoms with Gasteiger partial charge in [-0.25, -0.2) is 4.99 Å². The zero-order valence-electron chi connectivity index (χ0n) is 10.1. The molecule has 0 aromatic heterocycles. The molecule has 0 aromatic carbocycles. The fourth-order valence-corrected chi connectivity index (χ4v) is 2.72. The second-order valence-corrected chi connectivity index (χ2v) is 4.64. The molecule has 3 heteroatoms. The third-order valence-electron chi connectivity index (χ3n) is 3.86. The van der Waals surface area contributed by atoms with E-state index in [9.17, 15) is 0 Å². The standard InChI is InChI=1S/C12H22N2O/c1-4-14(5-2)11-13-12(10(3)15-11)8-6-7-9-12/h10H,4-9H2,1-3H3. The maximum absolute atomic E-state index is 5.92. The number of aliphatic imine (C=N–C) groups is 1. The maximum atomic E-state index is 5.92. The summed E-state index contributed by atoms with van der Waals surface area (Å²) in [7, 11) is 0. The van der Waals surface area contributed by atoms with Gasteiger partial charge in [0.1, 0.15) is 11.6 Å². The van der Waals surface area contributed by atoms with E-state index in [4.69, 9.17) is 9.73 Å². The third-order valence-corrected chi connectivity index (χ3v) is 3.86. The van der Waals surface area contributed by atoms with E-state index >= 15 is 0 Å². The second kappa shape index (κ2) is 4.03. The Bertz CT molecular complexity index is 252. The summed E-state index contributed by atoms with van der Waals surface area (Å²) in [5.74, 6) is 0. The van der Waals surface area contributed by atoms with Crippen molar-refractivity contribution < 1.29 is 4.74 Å². The summed E-state index contributed by atoms with van der Waals surface area (Å²) in [6.07, 6.45) is 5.30. The van der Waals surface area contributed by atoms with Crippen LogP contribution in [0.25, 0.3) is 0 Å². The lowest BCUT2D eigenvalue weighted by Gasteiger charge is -2.23. The molecule has 1 saturated carbocycles. The van der Waals surface area contributed by atoms with Crippen molar-refractivity contribution in [3.63, 3.8) is 0 Å². The van der Waals surface area contributed by atoms with Crippen molar-refractivity contribution in [1.82, 2.24) is 4.90 Å². The van der Waals surface area contributed by atoms with E-state index in [1.165, 1.54) is 25.7 Å². The van der Waals surface area contributed by atoms with Crippen LogP contribution < -0.4 is 0 Å². The molecule has 0 saturated heterocycles. The number of hydrogen-bond donors (Lipinski definition) is 0. The van der Waals surface area contributed by atoms with Gasteiger partial charge in [-0.1, -0.05) is 12.8 Å². The molecule has 1 heterocycles. The van der Waals surface area contributed by atoms with Crippen molar-refractivity contribution in [2.24, 2.45) is 4.99 Å². The molecule has 1 atom stereocenters. The van der Waals surface area contributed by atoms with Gasteiger partial charge in [0.05, 0.1) is 0 Å². The van der Waals surface area contributed by atoms with E-state index in [2.05, 4.69) is 25.7 Å². The number of nitrogens with zero attached hydrogens (tertiary/aromatic N) is 2. The van der Waals surface area contributed by atoms with Crippen LogP contribution in [0.1, 0.15) is 46.5 Å². The maximum Gasteiger partial charge on any atom is 0.288 e. The average molecular weight is 210 g/mol.